The SMILES string of the molecule is COc1ccc([N+](=O)[O-])cc1C(=O)OC(C)C(=O)Nc1cccc(Cl)c1Cl. The first-order chi connectivity index (χ1) is 12.7. The van der Waals surface area contributed by atoms with Gasteiger partial charge in [-0.2, -0.15) is 0 Å². The molecule has 0 aliphatic rings. The molecule has 1 atom stereocenters. The summed E-state index contributed by atoms with van der Waals surface area (Å²) in [5, 5.41) is 13.8. The number of nitro benzene ring substituents is 1. The van der Waals surface area contributed by atoms with E-state index in [1.54, 1.807) is 12.1 Å². The van der Waals surface area contributed by atoms with Crippen molar-refractivity contribution in [3.05, 3.63) is 62.1 Å². The van der Waals surface area contributed by atoms with Gasteiger partial charge in [-0.05, 0) is 25.1 Å². The molecule has 0 saturated heterocycles. The molecule has 0 aliphatic carbocycles. The summed E-state index contributed by atoms with van der Waals surface area (Å²) in [4.78, 5) is 34.8. The van der Waals surface area contributed by atoms with E-state index in [0.717, 1.165) is 6.07 Å². The van der Waals surface area contributed by atoms with Gasteiger partial charge in [-0.3, -0.25) is 14.9 Å². The topological polar surface area (TPSA) is 108 Å². The Morgan fingerprint density at radius 3 is 2.56 bits per heavy atom. The predicted octanol–water partition coefficient (Wildman–Crippen LogP) is 4.09. The Labute approximate surface area is 164 Å². The van der Waals surface area contributed by atoms with E-state index < -0.39 is 22.9 Å². The van der Waals surface area contributed by atoms with Gasteiger partial charge in [0.1, 0.15) is 11.3 Å². The first-order valence-corrected chi connectivity index (χ1v) is 8.28. The minimum Gasteiger partial charge on any atom is -0.496 e. The van der Waals surface area contributed by atoms with E-state index in [4.69, 9.17) is 32.7 Å². The van der Waals surface area contributed by atoms with Crippen LogP contribution in [-0.2, 0) is 9.53 Å². The van der Waals surface area contributed by atoms with E-state index in [9.17, 15) is 19.7 Å². The number of hydrogen-bond donors (Lipinski definition) is 1. The van der Waals surface area contributed by atoms with Gasteiger partial charge in [-0.15, -0.1) is 0 Å². The Kier molecular flexibility index (Phi) is 6.59. The lowest BCUT2D eigenvalue weighted by atomic mass is 10.1. The molecule has 0 aromatic heterocycles. The number of anilines is 1. The van der Waals surface area contributed by atoms with Crippen LogP contribution in [0.3, 0.4) is 0 Å². The Morgan fingerprint density at radius 2 is 1.93 bits per heavy atom. The lowest BCUT2D eigenvalue weighted by Crippen LogP contribution is -2.30. The van der Waals surface area contributed by atoms with Crippen LogP contribution < -0.4 is 10.1 Å². The zero-order valence-electron chi connectivity index (χ0n) is 14.2. The molecule has 27 heavy (non-hydrogen) atoms. The van der Waals surface area contributed by atoms with Crippen molar-refractivity contribution in [2.45, 2.75) is 13.0 Å². The number of ether oxygens (including phenoxy) is 2. The fraction of sp³-hybridized carbons (Fsp3) is 0.176. The molecular formula is C17H14Cl2N2O6. The van der Waals surface area contributed by atoms with Crippen molar-refractivity contribution < 1.29 is 24.0 Å². The number of nitrogens with one attached hydrogen (secondary N) is 1. The maximum atomic E-state index is 12.3. The fourth-order valence-corrected chi connectivity index (χ4v) is 2.43. The Morgan fingerprint density at radius 1 is 1.22 bits per heavy atom. The van der Waals surface area contributed by atoms with E-state index in [1.807, 2.05) is 0 Å². The van der Waals surface area contributed by atoms with Crippen LogP contribution in [0.2, 0.25) is 10.0 Å². The third-order valence-corrected chi connectivity index (χ3v) is 4.30. The summed E-state index contributed by atoms with van der Waals surface area (Å²) in [5.41, 5.74) is -0.234. The summed E-state index contributed by atoms with van der Waals surface area (Å²) in [6, 6.07) is 8.15. The van der Waals surface area contributed by atoms with Gasteiger partial charge < -0.3 is 14.8 Å². The fourth-order valence-electron chi connectivity index (χ4n) is 2.08. The van der Waals surface area contributed by atoms with Gasteiger partial charge in [0.05, 0.1) is 27.8 Å². The molecule has 0 spiro atoms. The van der Waals surface area contributed by atoms with Crippen LogP contribution in [0.25, 0.3) is 0 Å². The summed E-state index contributed by atoms with van der Waals surface area (Å²) in [7, 11) is 1.30. The van der Waals surface area contributed by atoms with E-state index in [-0.39, 0.29) is 32.7 Å². The predicted molar refractivity (Wildman–Crippen MR) is 99.6 cm³/mol. The number of benzene rings is 2. The standard InChI is InChI=1S/C17H14Cl2N2O6/c1-9(16(22)20-13-5-3-4-12(18)15(13)19)27-17(23)11-8-10(21(24)25)6-7-14(11)26-2/h3-9H,1-2H3,(H,20,22). The number of esters is 1. The average molecular weight is 413 g/mol. The smallest absolute Gasteiger partial charge is 0.342 e. The Hall–Kier alpha value is -2.84. The third-order valence-electron chi connectivity index (χ3n) is 3.48. The van der Waals surface area contributed by atoms with Crippen LogP contribution in [0, 0.1) is 10.1 Å². The number of rotatable bonds is 6. The molecule has 8 nitrogen and oxygen atoms in total. The molecule has 0 bridgehead atoms. The highest BCUT2D eigenvalue weighted by Gasteiger charge is 2.24. The molecule has 10 heteroatoms. The lowest BCUT2D eigenvalue weighted by Gasteiger charge is -2.15. The number of nitrogens with zero attached hydrogens (tertiary/aromatic N) is 1. The van der Waals surface area contributed by atoms with E-state index in [0.29, 0.717) is 0 Å². The molecule has 1 amide bonds. The summed E-state index contributed by atoms with van der Waals surface area (Å²) in [6.45, 7) is 1.34. The van der Waals surface area contributed by atoms with Crippen molar-refractivity contribution in [3.8, 4) is 5.75 Å². The van der Waals surface area contributed by atoms with Crippen LogP contribution in [0.15, 0.2) is 36.4 Å². The van der Waals surface area contributed by atoms with Gasteiger partial charge >= 0.3 is 5.97 Å². The van der Waals surface area contributed by atoms with Crippen molar-refractivity contribution in [1.29, 1.82) is 0 Å². The zero-order valence-corrected chi connectivity index (χ0v) is 15.7. The molecule has 0 fully saturated rings. The first kappa shape index (κ1) is 20.5. The largest absolute Gasteiger partial charge is 0.496 e. The van der Waals surface area contributed by atoms with Crippen LogP contribution in [-0.4, -0.2) is 30.0 Å². The number of halogens is 2. The first-order valence-electron chi connectivity index (χ1n) is 7.53. The monoisotopic (exact) mass is 412 g/mol. The minimum absolute atomic E-state index is 0.0797. The quantitative estimate of drug-likeness (QED) is 0.434. The van der Waals surface area contributed by atoms with Crippen molar-refractivity contribution in [2.75, 3.05) is 12.4 Å². The number of methoxy groups -OCH3 is 1. The Bertz CT molecular complexity index is 903. The molecule has 0 radical (unpaired) electrons. The number of carbonyl (C=O) groups is 2. The number of carbonyl (C=O) groups excluding carboxylic acids is 2. The third kappa shape index (κ3) is 4.87. The second kappa shape index (κ2) is 8.70. The van der Waals surface area contributed by atoms with Crippen molar-refractivity contribution >= 4 is 46.5 Å². The number of amides is 1. The summed E-state index contributed by atoms with van der Waals surface area (Å²) in [5.74, 6) is -1.52. The molecular weight excluding hydrogens is 399 g/mol. The Balaban J connectivity index is 2.15. The molecule has 0 heterocycles. The molecule has 142 valence electrons. The van der Waals surface area contributed by atoms with Gasteiger partial charge in [0.2, 0.25) is 0 Å². The highest BCUT2D eigenvalue weighted by Crippen LogP contribution is 2.30. The minimum atomic E-state index is -1.21. The number of non-ortho nitro benzene ring substituents is 1. The molecule has 2 rings (SSSR count). The second-order valence-corrected chi connectivity index (χ2v) is 6.07. The van der Waals surface area contributed by atoms with Gasteiger partial charge in [0.25, 0.3) is 11.6 Å². The van der Waals surface area contributed by atoms with Gasteiger partial charge in [-0.25, -0.2) is 4.79 Å². The van der Waals surface area contributed by atoms with Crippen LogP contribution in [0.5, 0.6) is 5.75 Å². The van der Waals surface area contributed by atoms with Crippen molar-refractivity contribution in [2.24, 2.45) is 0 Å². The summed E-state index contributed by atoms with van der Waals surface area (Å²) >= 11 is 11.9. The average Bonchev–Trinajstić information content (AvgIpc) is 2.64. The second-order valence-electron chi connectivity index (χ2n) is 5.28. The molecule has 2 aromatic rings. The van der Waals surface area contributed by atoms with Gasteiger partial charge in [-0.1, -0.05) is 29.3 Å². The summed E-state index contributed by atoms with van der Waals surface area (Å²) < 4.78 is 10.1. The van der Waals surface area contributed by atoms with Gasteiger partial charge in [0, 0.05) is 12.1 Å². The van der Waals surface area contributed by atoms with Crippen molar-refractivity contribution in [1.82, 2.24) is 0 Å². The highest BCUT2D eigenvalue weighted by molar-refractivity contribution is 6.44. The van der Waals surface area contributed by atoms with E-state index in [1.165, 1.54) is 32.2 Å². The molecule has 0 aliphatic heterocycles. The zero-order chi connectivity index (χ0) is 20.1. The molecule has 2 aromatic carbocycles. The lowest BCUT2D eigenvalue weighted by molar-refractivity contribution is -0.384. The number of hydrogen-bond acceptors (Lipinski definition) is 6. The van der Waals surface area contributed by atoms with Crippen molar-refractivity contribution in [3.63, 3.8) is 0 Å². The highest BCUT2D eigenvalue weighted by atomic mass is 35.5. The molecule has 1 unspecified atom stereocenters. The van der Waals surface area contributed by atoms with Crippen LogP contribution in [0.4, 0.5) is 11.4 Å². The normalized spacial score (nSPS) is 11.4. The van der Waals surface area contributed by atoms with Crippen LogP contribution in [0.1, 0.15) is 17.3 Å². The molecule has 0 saturated carbocycles. The molecule has 1 N–H and O–H groups in total. The van der Waals surface area contributed by atoms with Crippen LogP contribution >= 0.6 is 23.2 Å². The summed E-state index contributed by atoms with van der Waals surface area (Å²) in [6.07, 6.45) is -1.21. The van der Waals surface area contributed by atoms with E-state index in [2.05, 4.69) is 5.32 Å². The number of nitro groups is 1. The maximum Gasteiger partial charge on any atom is 0.342 e. The van der Waals surface area contributed by atoms with E-state index >= 15 is 0 Å². The maximum absolute atomic E-state index is 12.3. The van der Waals surface area contributed by atoms with Gasteiger partial charge in [0.15, 0.2) is 6.10 Å².